The lowest BCUT2D eigenvalue weighted by molar-refractivity contribution is -0.00520. The molecule has 5 rings (SSSR count). The van der Waals surface area contributed by atoms with E-state index in [1.54, 1.807) is 6.07 Å². The smallest absolute Gasteiger partial charge is 0.124 e. The van der Waals surface area contributed by atoms with Crippen LogP contribution < -0.4 is 0 Å². The lowest BCUT2D eigenvalue weighted by Gasteiger charge is -2.57. The monoisotopic (exact) mass is 271 g/mol. The standard InChI is InChI=1S/C17H21NO2/c19-16-2-1-15(6-14(16)10-18-20)17-7-11-3-12(8-17)5-13(4-11)9-17/h1-2,6,10-13,19-20H,3-5,7-9H2/b18-10+. The van der Waals surface area contributed by atoms with Gasteiger partial charge in [-0.3, -0.25) is 0 Å². The van der Waals surface area contributed by atoms with Gasteiger partial charge in [0.2, 0.25) is 0 Å². The number of oxime groups is 1. The maximum Gasteiger partial charge on any atom is 0.124 e. The lowest BCUT2D eigenvalue weighted by Crippen LogP contribution is -2.48. The quantitative estimate of drug-likeness (QED) is 0.490. The lowest BCUT2D eigenvalue weighted by atomic mass is 9.48. The van der Waals surface area contributed by atoms with Gasteiger partial charge in [0.05, 0.1) is 6.21 Å². The number of phenols is 1. The second kappa shape index (κ2) is 4.24. The second-order valence-electron chi connectivity index (χ2n) is 7.22. The van der Waals surface area contributed by atoms with Crippen LogP contribution in [0.25, 0.3) is 0 Å². The zero-order chi connectivity index (χ0) is 13.7. The van der Waals surface area contributed by atoms with Crippen molar-refractivity contribution in [2.75, 3.05) is 0 Å². The third kappa shape index (κ3) is 1.75. The molecule has 1 aromatic rings. The van der Waals surface area contributed by atoms with Gasteiger partial charge in [-0.25, -0.2) is 0 Å². The molecular formula is C17H21NO2. The highest BCUT2D eigenvalue weighted by molar-refractivity contribution is 5.83. The fourth-order valence-electron chi connectivity index (χ4n) is 5.51. The van der Waals surface area contributed by atoms with Crippen LogP contribution in [0.4, 0.5) is 0 Å². The number of benzene rings is 1. The molecule has 2 N–H and O–H groups in total. The minimum atomic E-state index is 0.191. The van der Waals surface area contributed by atoms with Crippen LogP contribution in [0.3, 0.4) is 0 Å². The minimum Gasteiger partial charge on any atom is -0.507 e. The molecule has 0 spiro atoms. The van der Waals surface area contributed by atoms with Gasteiger partial charge in [0.15, 0.2) is 0 Å². The van der Waals surface area contributed by atoms with Crippen molar-refractivity contribution >= 4 is 6.21 Å². The normalized spacial score (nSPS) is 38.7. The van der Waals surface area contributed by atoms with Gasteiger partial charge in [-0.1, -0.05) is 11.2 Å². The molecule has 3 nitrogen and oxygen atoms in total. The summed E-state index contributed by atoms with van der Waals surface area (Å²) >= 11 is 0. The summed E-state index contributed by atoms with van der Waals surface area (Å²) in [5.74, 6) is 2.91. The molecule has 20 heavy (non-hydrogen) atoms. The topological polar surface area (TPSA) is 52.8 Å². The summed E-state index contributed by atoms with van der Waals surface area (Å²) in [7, 11) is 0. The molecule has 4 saturated carbocycles. The molecule has 0 saturated heterocycles. The summed E-state index contributed by atoms with van der Waals surface area (Å²) in [4.78, 5) is 0. The summed E-state index contributed by atoms with van der Waals surface area (Å²) in [5.41, 5.74) is 2.28. The van der Waals surface area contributed by atoms with Crippen molar-refractivity contribution in [3.63, 3.8) is 0 Å². The van der Waals surface area contributed by atoms with Crippen molar-refractivity contribution in [2.24, 2.45) is 22.9 Å². The molecule has 0 heterocycles. The van der Waals surface area contributed by atoms with Gasteiger partial charge in [0.25, 0.3) is 0 Å². The molecule has 0 radical (unpaired) electrons. The first kappa shape index (κ1) is 12.2. The van der Waals surface area contributed by atoms with Gasteiger partial charge in [-0.15, -0.1) is 0 Å². The van der Waals surface area contributed by atoms with E-state index in [0.717, 1.165) is 17.8 Å². The van der Waals surface area contributed by atoms with Crippen LogP contribution in [0.2, 0.25) is 0 Å². The van der Waals surface area contributed by atoms with Gasteiger partial charge >= 0.3 is 0 Å². The molecule has 0 amide bonds. The van der Waals surface area contributed by atoms with E-state index >= 15 is 0 Å². The highest BCUT2D eigenvalue weighted by Gasteiger charge is 2.51. The van der Waals surface area contributed by atoms with Crippen LogP contribution in [0, 0.1) is 17.8 Å². The molecule has 4 bridgehead atoms. The number of hydrogen-bond acceptors (Lipinski definition) is 3. The molecule has 3 heteroatoms. The van der Waals surface area contributed by atoms with Crippen LogP contribution in [0.15, 0.2) is 23.4 Å². The maximum absolute atomic E-state index is 9.85. The summed E-state index contributed by atoms with van der Waals surface area (Å²) in [6.45, 7) is 0. The van der Waals surface area contributed by atoms with Gasteiger partial charge in [-0.05, 0) is 79.4 Å². The first-order valence-electron chi connectivity index (χ1n) is 7.69. The van der Waals surface area contributed by atoms with E-state index < -0.39 is 0 Å². The van der Waals surface area contributed by atoms with Crippen LogP contribution >= 0.6 is 0 Å². The minimum absolute atomic E-state index is 0.191. The average molecular weight is 271 g/mol. The van der Waals surface area contributed by atoms with E-state index in [1.165, 1.54) is 50.3 Å². The fourth-order valence-corrected chi connectivity index (χ4v) is 5.51. The first-order chi connectivity index (χ1) is 9.68. The Morgan fingerprint density at radius 3 is 2.20 bits per heavy atom. The molecule has 0 aromatic heterocycles. The van der Waals surface area contributed by atoms with Crippen molar-refractivity contribution in [1.29, 1.82) is 0 Å². The predicted molar refractivity (Wildman–Crippen MR) is 77.3 cm³/mol. The Bertz CT molecular complexity index is 529. The largest absolute Gasteiger partial charge is 0.507 e. The van der Waals surface area contributed by atoms with Gasteiger partial charge in [-0.2, -0.15) is 0 Å². The van der Waals surface area contributed by atoms with Crippen molar-refractivity contribution < 1.29 is 10.3 Å². The number of phenolic OH excluding ortho intramolecular Hbond substituents is 1. The molecule has 0 aliphatic heterocycles. The van der Waals surface area contributed by atoms with Crippen molar-refractivity contribution in [2.45, 2.75) is 43.9 Å². The van der Waals surface area contributed by atoms with E-state index in [2.05, 4.69) is 11.2 Å². The Kier molecular flexibility index (Phi) is 2.60. The molecule has 0 unspecified atom stereocenters. The van der Waals surface area contributed by atoms with Crippen LogP contribution in [-0.4, -0.2) is 16.5 Å². The molecule has 1 aromatic carbocycles. The van der Waals surface area contributed by atoms with Crippen LogP contribution in [-0.2, 0) is 5.41 Å². The van der Waals surface area contributed by atoms with Crippen LogP contribution in [0.5, 0.6) is 5.75 Å². The molecule has 4 aliphatic carbocycles. The molecule has 4 aliphatic rings. The van der Waals surface area contributed by atoms with Gasteiger partial charge < -0.3 is 10.3 Å². The Hall–Kier alpha value is -1.51. The van der Waals surface area contributed by atoms with E-state index in [-0.39, 0.29) is 5.75 Å². The van der Waals surface area contributed by atoms with E-state index in [1.807, 2.05) is 6.07 Å². The highest BCUT2D eigenvalue weighted by Crippen LogP contribution is 2.60. The Balaban J connectivity index is 1.75. The Morgan fingerprint density at radius 1 is 1.05 bits per heavy atom. The number of rotatable bonds is 2. The highest BCUT2D eigenvalue weighted by atomic mass is 16.4. The first-order valence-corrected chi connectivity index (χ1v) is 7.69. The third-order valence-electron chi connectivity index (χ3n) is 5.87. The second-order valence-corrected chi connectivity index (χ2v) is 7.22. The maximum atomic E-state index is 9.85. The fraction of sp³-hybridized carbons (Fsp3) is 0.588. The number of aromatic hydroxyl groups is 1. The van der Waals surface area contributed by atoms with E-state index in [4.69, 9.17) is 5.21 Å². The SMILES string of the molecule is O/N=C/c1cc(C23CC4CC(CC(C4)C2)C3)ccc1O. The summed E-state index contributed by atoms with van der Waals surface area (Å²) in [6, 6.07) is 5.87. The average Bonchev–Trinajstić information content (AvgIpc) is 2.40. The summed E-state index contributed by atoms with van der Waals surface area (Å²) < 4.78 is 0. The predicted octanol–water partition coefficient (Wildman–Crippen LogP) is 3.67. The van der Waals surface area contributed by atoms with E-state index in [9.17, 15) is 5.11 Å². The molecular weight excluding hydrogens is 250 g/mol. The zero-order valence-electron chi connectivity index (χ0n) is 11.6. The summed E-state index contributed by atoms with van der Waals surface area (Å²) in [5, 5.41) is 21.6. The Labute approximate surface area is 119 Å². The summed E-state index contributed by atoms with van der Waals surface area (Å²) in [6.07, 6.45) is 9.55. The van der Waals surface area contributed by atoms with Crippen molar-refractivity contribution in [3.8, 4) is 5.75 Å². The van der Waals surface area contributed by atoms with Crippen molar-refractivity contribution in [1.82, 2.24) is 0 Å². The van der Waals surface area contributed by atoms with Crippen LogP contribution in [0.1, 0.15) is 49.7 Å². The molecule has 4 fully saturated rings. The molecule has 106 valence electrons. The third-order valence-corrected chi connectivity index (χ3v) is 5.87. The van der Waals surface area contributed by atoms with Crippen molar-refractivity contribution in [3.05, 3.63) is 29.3 Å². The molecule has 0 atom stereocenters. The Morgan fingerprint density at radius 2 is 1.65 bits per heavy atom. The van der Waals surface area contributed by atoms with E-state index in [0.29, 0.717) is 11.0 Å². The van der Waals surface area contributed by atoms with Gasteiger partial charge in [0, 0.05) is 5.56 Å². The van der Waals surface area contributed by atoms with Gasteiger partial charge in [0.1, 0.15) is 5.75 Å². The zero-order valence-corrected chi connectivity index (χ0v) is 11.6. The number of hydrogen-bond donors (Lipinski definition) is 2. The number of nitrogens with zero attached hydrogens (tertiary/aromatic N) is 1.